The van der Waals surface area contributed by atoms with Gasteiger partial charge < -0.3 is 14.6 Å². The number of benzene rings is 1. The minimum absolute atomic E-state index is 0.291. The second-order valence-corrected chi connectivity index (χ2v) is 7.32. The lowest BCUT2D eigenvalue weighted by molar-refractivity contribution is 0.143. The number of anilines is 1. The molecule has 4 rings (SSSR count). The van der Waals surface area contributed by atoms with Crippen LogP contribution in [0.4, 0.5) is 14.9 Å². The van der Waals surface area contributed by atoms with Crippen molar-refractivity contribution in [1.82, 2.24) is 14.9 Å². The Morgan fingerprint density at radius 2 is 2.33 bits per heavy atom. The van der Waals surface area contributed by atoms with Crippen molar-refractivity contribution in [3.05, 3.63) is 54.7 Å². The number of ether oxygens (including phenoxy) is 1. The number of nitrogens with zero attached hydrogens (tertiary/aromatic N) is 4. The molecule has 1 aromatic carbocycles. The van der Waals surface area contributed by atoms with E-state index >= 15 is 0 Å². The van der Waals surface area contributed by atoms with Gasteiger partial charge in [-0.05, 0) is 36.6 Å². The van der Waals surface area contributed by atoms with Crippen molar-refractivity contribution < 1.29 is 13.9 Å². The number of aromatic nitrogens is 2. The number of amides is 1. The van der Waals surface area contributed by atoms with E-state index in [-0.39, 0.29) is 0 Å². The summed E-state index contributed by atoms with van der Waals surface area (Å²) in [6.45, 7) is 0.646. The molecule has 9 heteroatoms. The molecular weight excluding hydrogens is 405 g/mol. The van der Waals surface area contributed by atoms with Crippen LogP contribution in [-0.2, 0) is 4.74 Å². The third kappa shape index (κ3) is 3.95. The Morgan fingerprint density at radius 3 is 3.07 bits per heavy atom. The molecule has 0 bridgehead atoms. The lowest BCUT2D eigenvalue weighted by atomic mass is 10.2. The van der Waals surface area contributed by atoms with E-state index in [0.717, 1.165) is 10.9 Å². The van der Waals surface area contributed by atoms with Crippen LogP contribution in [0.5, 0.6) is 0 Å². The van der Waals surface area contributed by atoms with Gasteiger partial charge in [-0.2, -0.15) is 4.99 Å². The highest BCUT2D eigenvalue weighted by Crippen LogP contribution is 2.26. The molecule has 2 aromatic heterocycles. The first-order chi connectivity index (χ1) is 14.6. The molecule has 1 aliphatic heterocycles. The maximum Gasteiger partial charge on any atom is 0.414 e. The topological polar surface area (TPSA) is 71.8 Å². The quantitative estimate of drug-likeness (QED) is 0.396. The van der Waals surface area contributed by atoms with E-state index in [0.29, 0.717) is 29.6 Å². The first kappa shape index (κ1) is 19.8. The fourth-order valence-electron chi connectivity index (χ4n) is 3.23. The number of rotatable bonds is 4. The Morgan fingerprint density at radius 1 is 1.47 bits per heavy atom. The van der Waals surface area contributed by atoms with Crippen molar-refractivity contribution in [3.8, 4) is 18.2 Å². The maximum atomic E-state index is 14.9. The zero-order valence-corrected chi connectivity index (χ0v) is 16.9. The molecule has 1 amide bonds. The third-order valence-electron chi connectivity index (χ3n) is 4.65. The summed E-state index contributed by atoms with van der Waals surface area (Å²) < 4.78 is 21.9. The zero-order chi connectivity index (χ0) is 21.1. The number of aliphatic imine (C=N–C) groups is 1. The molecule has 0 radical (unpaired) electrons. The van der Waals surface area contributed by atoms with Crippen molar-refractivity contribution >= 4 is 39.6 Å². The predicted molar refractivity (Wildman–Crippen MR) is 116 cm³/mol. The molecule has 0 aliphatic carbocycles. The van der Waals surface area contributed by atoms with Crippen LogP contribution in [0.2, 0.25) is 0 Å². The summed E-state index contributed by atoms with van der Waals surface area (Å²) in [7, 11) is 0. The van der Waals surface area contributed by atoms with E-state index in [4.69, 9.17) is 11.2 Å². The molecule has 0 spiro atoms. The number of fused-ring (bicyclic) bond motifs is 1. The van der Waals surface area contributed by atoms with Crippen molar-refractivity contribution in [2.24, 2.45) is 4.99 Å². The molecule has 1 N–H and O–H groups in total. The van der Waals surface area contributed by atoms with Gasteiger partial charge in [0, 0.05) is 30.0 Å². The van der Waals surface area contributed by atoms with Crippen LogP contribution in [0.25, 0.3) is 16.6 Å². The lowest BCUT2D eigenvalue weighted by Gasteiger charge is -2.15. The van der Waals surface area contributed by atoms with Crippen molar-refractivity contribution in [2.75, 3.05) is 24.2 Å². The van der Waals surface area contributed by atoms with Gasteiger partial charge in [0.2, 0.25) is 0 Å². The standard InChI is InChI=1S/C21H18FN5O2S/c1-3-23-20(30-2)25-10-16-12-27(21(28)29-16)15-6-7-19(17(22)9-15)26-11-14-5-4-8-24-18(14)13-26/h1,4-9,11,13,16H,10,12H2,2H3,(H,23,25). The van der Waals surface area contributed by atoms with E-state index in [9.17, 15) is 9.18 Å². The molecule has 7 nitrogen and oxygen atoms in total. The van der Waals surface area contributed by atoms with Gasteiger partial charge in [-0.1, -0.05) is 18.2 Å². The molecule has 1 saturated heterocycles. The fourth-order valence-corrected chi connectivity index (χ4v) is 3.61. The second kappa shape index (κ2) is 8.47. The highest BCUT2D eigenvalue weighted by Gasteiger charge is 2.32. The summed E-state index contributed by atoms with van der Waals surface area (Å²) >= 11 is 1.36. The molecule has 1 fully saturated rings. The number of pyridine rings is 1. The van der Waals surface area contributed by atoms with Crippen LogP contribution in [0.3, 0.4) is 0 Å². The van der Waals surface area contributed by atoms with Crippen molar-refractivity contribution in [2.45, 2.75) is 6.10 Å². The van der Waals surface area contributed by atoms with Gasteiger partial charge in [-0.3, -0.25) is 9.88 Å². The lowest BCUT2D eigenvalue weighted by Crippen LogP contribution is -2.33. The Labute approximate surface area is 176 Å². The number of carbonyl (C=O) groups is 1. The minimum atomic E-state index is -0.524. The van der Waals surface area contributed by atoms with Crippen LogP contribution in [0, 0.1) is 18.3 Å². The van der Waals surface area contributed by atoms with Crippen molar-refractivity contribution in [1.29, 1.82) is 0 Å². The summed E-state index contributed by atoms with van der Waals surface area (Å²) in [5.74, 6) is -0.451. The number of amidine groups is 1. The molecule has 1 aliphatic rings. The minimum Gasteiger partial charge on any atom is -0.442 e. The molecule has 3 aromatic rings. The van der Waals surface area contributed by atoms with E-state index < -0.39 is 18.0 Å². The van der Waals surface area contributed by atoms with Crippen LogP contribution >= 0.6 is 11.8 Å². The number of terminal acetylenes is 1. The Hall–Kier alpha value is -3.51. The Balaban J connectivity index is 1.49. The van der Waals surface area contributed by atoms with Crippen LogP contribution < -0.4 is 10.2 Å². The molecule has 152 valence electrons. The van der Waals surface area contributed by atoms with E-state index in [2.05, 4.69) is 21.3 Å². The van der Waals surface area contributed by atoms with E-state index in [1.165, 1.54) is 22.7 Å². The molecular formula is C21H18FN5O2S. The van der Waals surface area contributed by atoms with Gasteiger partial charge in [0.1, 0.15) is 11.9 Å². The fraction of sp³-hybridized carbons (Fsp3) is 0.190. The normalized spacial score (nSPS) is 16.6. The van der Waals surface area contributed by atoms with Gasteiger partial charge in [0.15, 0.2) is 5.17 Å². The van der Waals surface area contributed by atoms with E-state index in [1.807, 2.05) is 24.6 Å². The first-order valence-electron chi connectivity index (χ1n) is 9.11. The monoisotopic (exact) mass is 423 g/mol. The van der Waals surface area contributed by atoms with Gasteiger partial charge in [0.05, 0.1) is 30.0 Å². The molecule has 30 heavy (non-hydrogen) atoms. The number of thioether (sulfide) groups is 1. The van der Waals surface area contributed by atoms with Gasteiger partial charge in [-0.25, -0.2) is 9.18 Å². The average Bonchev–Trinajstić information content (AvgIpc) is 3.34. The molecule has 1 unspecified atom stereocenters. The van der Waals surface area contributed by atoms with Gasteiger partial charge >= 0.3 is 6.09 Å². The largest absolute Gasteiger partial charge is 0.442 e. The zero-order valence-electron chi connectivity index (χ0n) is 16.1. The SMILES string of the molecule is C#CN=C(NCC1CN(c2ccc(-n3cc4cccnc4c3)c(F)c2)C(=O)O1)SC. The maximum absolute atomic E-state index is 14.9. The van der Waals surface area contributed by atoms with Crippen LogP contribution in [0.15, 0.2) is 53.9 Å². The summed E-state index contributed by atoms with van der Waals surface area (Å²) in [5, 5.41) is 4.52. The van der Waals surface area contributed by atoms with Gasteiger partial charge in [0.25, 0.3) is 0 Å². The summed E-state index contributed by atoms with van der Waals surface area (Å²) in [4.78, 5) is 21.8. The Bertz CT molecular complexity index is 1140. The van der Waals surface area contributed by atoms with Crippen molar-refractivity contribution in [3.63, 3.8) is 0 Å². The molecule has 3 heterocycles. The predicted octanol–water partition coefficient (Wildman–Crippen LogP) is 3.39. The second-order valence-electron chi connectivity index (χ2n) is 6.53. The summed E-state index contributed by atoms with van der Waals surface area (Å²) in [6, 6.07) is 10.6. The molecule has 0 saturated carbocycles. The van der Waals surface area contributed by atoms with E-state index in [1.54, 1.807) is 29.1 Å². The smallest absolute Gasteiger partial charge is 0.414 e. The summed E-state index contributed by atoms with van der Waals surface area (Å²) in [5.41, 5.74) is 1.58. The van der Waals surface area contributed by atoms with Crippen LogP contribution in [-0.4, -0.2) is 46.3 Å². The number of nitrogens with one attached hydrogen (secondary N) is 1. The number of hydrogen-bond acceptors (Lipinski definition) is 5. The average molecular weight is 423 g/mol. The highest BCUT2D eigenvalue weighted by molar-refractivity contribution is 8.13. The molecule has 1 atom stereocenters. The number of cyclic esters (lactones) is 1. The highest BCUT2D eigenvalue weighted by atomic mass is 32.2. The number of carbonyl (C=O) groups excluding carboxylic acids is 1. The van der Waals surface area contributed by atoms with Crippen LogP contribution in [0.1, 0.15) is 0 Å². The first-order valence-corrected chi connectivity index (χ1v) is 10.3. The number of hydrogen-bond donors (Lipinski definition) is 1. The van der Waals surface area contributed by atoms with Gasteiger partial charge in [-0.15, -0.1) is 0 Å². The third-order valence-corrected chi connectivity index (χ3v) is 5.27. The summed E-state index contributed by atoms with van der Waals surface area (Å²) in [6.07, 6.45) is 11.3. The number of halogens is 1. The Kier molecular flexibility index (Phi) is 5.59.